The summed E-state index contributed by atoms with van der Waals surface area (Å²) in [5, 5.41) is 13.2. The quantitative estimate of drug-likeness (QED) is 0.421. The van der Waals surface area contributed by atoms with Gasteiger partial charge in [0.05, 0.1) is 24.4 Å². The molecule has 0 atom stereocenters. The minimum Gasteiger partial charge on any atom is -0.497 e. The highest BCUT2D eigenvalue weighted by molar-refractivity contribution is 7.07. The number of nitrogens with one attached hydrogen (secondary N) is 1. The molecular weight excluding hydrogens is 498 g/mol. The summed E-state index contributed by atoms with van der Waals surface area (Å²) in [7, 11) is 3.12. The van der Waals surface area contributed by atoms with Crippen molar-refractivity contribution in [1.82, 2.24) is 4.57 Å². The smallest absolute Gasteiger partial charge is 0.273 e. The average Bonchev–Trinajstić information content (AvgIpc) is 3.21. The molecule has 0 radical (unpaired) electrons. The van der Waals surface area contributed by atoms with Crippen molar-refractivity contribution in [3.05, 3.63) is 103 Å². The van der Waals surface area contributed by atoms with Gasteiger partial charge in [0.1, 0.15) is 22.2 Å². The summed E-state index contributed by atoms with van der Waals surface area (Å²) in [6.45, 7) is 0. The third-order valence-electron chi connectivity index (χ3n) is 5.22. The molecular formula is C27H20ClN3O4S. The van der Waals surface area contributed by atoms with Gasteiger partial charge in [-0.1, -0.05) is 23.7 Å². The molecule has 36 heavy (non-hydrogen) atoms. The van der Waals surface area contributed by atoms with Crippen LogP contribution in [-0.4, -0.2) is 24.7 Å². The number of anilines is 1. The van der Waals surface area contributed by atoms with Crippen LogP contribution in [0.25, 0.3) is 17.3 Å². The molecule has 0 spiro atoms. The van der Waals surface area contributed by atoms with Crippen LogP contribution in [0.4, 0.5) is 5.69 Å². The maximum absolute atomic E-state index is 13.5. The molecule has 0 bridgehead atoms. The number of amides is 1. The molecule has 0 unspecified atom stereocenters. The lowest BCUT2D eigenvalue weighted by Gasteiger charge is -2.07. The average molecular weight is 518 g/mol. The summed E-state index contributed by atoms with van der Waals surface area (Å²) in [5.41, 5.74) is 1.18. The monoisotopic (exact) mass is 517 g/mol. The third kappa shape index (κ3) is 5.33. The van der Waals surface area contributed by atoms with E-state index in [0.29, 0.717) is 32.4 Å². The lowest BCUT2D eigenvalue weighted by Crippen LogP contribution is -2.32. The molecule has 9 heteroatoms. The van der Waals surface area contributed by atoms with E-state index >= 15 is 0 Å². The number of aromatic nitrogens is 1. The molecule has 0 aliphatic rings. The van der Waals surface area contributed by atoms with Gasteiger partial charge in [0.15, 0.2) is 5.57 Å². The molecule has 0 aliphatic carbocycles. The van der Waals surface area contributed by atoms with Crippen LogP contribution in [0.2, 0.25) is 5.02 Å². The van der Waals surface area contributed by atoms with Gasteiger partial charge in [-0.15, -0.1) is 11.3 Å². The van der Waals surface area contributed by atoms with E-state index in [-0.39, 0.29) is 15.8 Å². The van der Waals surface area contributed by atoms with Crippen molar-refractivity contribution in [2.24, 2.45) is 0 Å². The SMILES string of the molecule is COc1ccc(/C=c2\s/c(=C(/C#N)C(=O)Nc3ccc(Cl)cc3)n(-c3ccc(OC)cc3)c2=O)cc1. The number of nitrogens with zero attached hydrogens (tertiary/aromatic N) is 2. The molecule has 0 aliphatic heterocycles. The first-order valence-corrected chi connectivity index (χ1v) is 11.9. The fraction of sp³-hybridized carbons (Fsp3) is 0.0741. The highest BCUT2D eigenvalue weighted by Gasteiger charge is 2.17. The number of nitriles is 1. The van der Waals surface area contributed by atoms with E-state index in [2.05, 4.69) is 5.32 Å². The topological polar surface area (TPSA) is 93.3 Å². The van der Waals surface area contributed by atoms with Gasteiger partial charge in [0.25, 0.3) is 11.5 Å². The zero-order valence-corrected chi connectivity index (χ0v) is 20.9. The second kappa shape index (κ2) is 11.0. The fourth-order valence-electron chi connectivity index (χ4n) is 3.39. The molecule has 0 saturated heterocycles. The maximum Gasteiger partial charge on any atom is 0.273 e. The van der Waals surface area contributed by atoms with Crippen molar-refractivity contribution in [1.29, 1.82) is 5.26 Å². The minimum atomic E-state index is -0.640. The van der Waals surface area contributed by atoms with Crippen molar-refractivity contribution in [3.63, 3.8) is 0 Å². The van der Waals surface area contributed by atoms with Crippen LogP contribution in [0.5, 0.6) is 11.5 Å². The third-order valence-corrected chi connectivity index (χ3v) is 6.57. The van der Waals surface area contributed by atoms with Crippen molar-refractivity contribution in [3.8, 4) is 23.3 Å². The number of rotatable bonds is 6. The predicted molar refractivity (Wildman–Crippen MR) is 141 cm³/mol. The Balaban J connectivity index is 1.92. The molecule has 4 aromatic rings. The number of benzene rings is 3. The molecule has 1 heterocycles. The lowest BCUT2D eigenvalue weighted by molar-refractivity contribution is -0.111. The number of hydrogen-bond donors (Lipinski definition) is 1. The van der Waals surface area contributed by atoms with Crippen molar-refractivity contribution >= 4 is 46.2 Å². The number of carbonyl (C=O) groups is 1. The molecule has 1 aromatic heterocycles. The zero-order chi connectivity index (χ0) is 25.7. The highest BCUT2D eigenvalue weighted by Crippen LogP contribution is 2.16. The van der Waals surface area contributed by atoms with Gasteiger partial charge in [0, 0.05) is 10.7 Å². The summed E-state index contributed by atoms with van der Waals surface area (Å²) in [5.74, 6) is 0.659. The van der Waals surface area contributed by atoms with E-state index in [1.807, 2.05) is 18.2 Å². The van der Waals surface area contributed by atoms with E-state index in [1.165, 1.54) is 4.57 Å². The largest absolute Gasteiger partial charge is 0.497 e. The Morgan fingerprint density at radius 1 is 0.972 bits per heavy atom. The zero-order valence-electron chi connectivity index (χ0n) is 19.3. The molecule has 0 saturated carbocycles. The number of thiazole rings is 1. The van der Waals surface area contributed by atoms with E-state index in [9.17, 15) is 14.9 Å². The predicted octanol–water partition coefficient (Wildman–Crippen LogP) is 3.71. The molecule has 1 amide bonds. The first-order chi connectivity index (χ1) is 17.4. The van der Waals surface area contributed by atoms with Gasteiger partial charge in [-0.3, -0.25) is 14.2 Å². The maximum atomic E-state index is 13.5. The molecule has 0 fully saturated rings. The Morgan fingerprint density at radius 2 is 1.56 bits per heavy atom. The number of ether oxygens (including phenoxy) is 2. The molecule has 180 valence electrons. The lowest BCUT2D eigenvalue weighted by atomic mass is 10.2. The van der Waals surface area contributed by atoms with Gasteiger partial charge in [0.2, 0.25) is 0 Å². The Morgan fingerprint density at radius 3 is 2.11 bits per heavy atom. The van der Waals surface area contributed by atoms with Crippen LogP contribution in [-0.2, 0) is 4.79 Å². The van der Waals surface area contributed by atoms with Crippen molar-refractivity contribution in [2.75, 3.05) is 19.5 Å². The van der Waals surface area contributed by atoms with Gasteiger partial charge >= 0.3 is 0 Å². The van der Waals surface area contributed by atoms with Crippen molar-refractivity contribution < 1.29 is 14.3 Å². The fourth-order valence-corrected chi connectivity index (χ4v) is 4.62. The number of methoxy groups -OCH3 is 2. The molecule has 1 N–H and O–H groups in total. The number of carbonyl (C=O) groups excluding carboxylic acids is 1. The second-order valence-corrected chi connectivity index (χ2v) is 8.94. The van der Waals surface area contributed by atoms with E-state index in [0.717, 1.165) is 16.9 Å². The standard InChI is InChI=1S/C27H20ClN3O4S/c1-34-21-11-3-17(4-12-21)15-24-26(33)31(20-9-13-22(35-2)14-10-20)27(36-24)23(16-29)25(32)30-19-7-5-18(28)6-8-19/h3-15H,1-2H3,(H,30,32)/b24-15-,27-23-. The van der Waals surface area contributed by atoms with Gasteiger partial charge in [-0.2, -0.15) is 5.26 Å². The van der Waals surface area contributed by atoms with Crippen LogP contribution >= 0.6 is 22.9 Å². The van der Waals surface area contributed by atoms with Crippen molar-refractivity contribution in [2.45, 2.75) is 0 Å². The van der Waals surface area contributed by atoms with Gasteiger partial charge in [-0.25, -0.2) is 0 Å². The Bertz CT molecular complexity index is 1620. The normalized spacial score (nSPS) is 12.0. The van der Waals surface area contributed by atoms with E-state index in [4.69, 9.17) is 21.1 Å². The van der Waals surface area contributed by atoms with Crippen LogP contribution in [0, 0.1) is 11.3 Å². The summed E-state index contributed by atoms with van der Waals surface area (Å²) in [6, 6.07) is 22.5. The van der Waals surface area contributed by atoms with Crippen LogP contribution < -0.4 is 29.5 Å². The van der Waals surface area contributed by atoms with Crippen LogP contribution in [0.15, 0.2) is 77.6 Å². The van der Waals surface area contributed by atoms with Crippen LogP contribution in [0.3, 0.4) is 0 Å². The Labute approximate surface area is 215 Å². The highest BCUT2D eigenvalue weighted by atomic mass is 35.5. The number of halogens is 1. The molecule has 7 nitrogen and oxygen atoms in total. The first-order valence-electron chi connectivity index (χ1n) is 10.7. The molecule has 3 aromatic carbocycles. The summed E-state index contributed by atoms with van der Waals surface area (Å²) < 4.78 is 12.3. The minimum absolute atomic E-state index is 0.197. The van der Waals surface area contributed by atoms with Gasteiger partial charge < -0.3 is 14.8 Å². The van der Waals surface area contributed by atoms with E-state index in [1.54, 1.807) is 81.0 Å². The van der Waals surface area contributed by atoms with Crippen LogP contribution in [0.1, 0.15) is 5.56 Å². The Kier molecular flexibility index (Phi) is 7.54. The summed E-state index contributed by atoms with van der Waals surface area (Å²) in [4.78, 5) is 26.6. The molecule has 4 rings (SSSR count). The summed E-state index contributed by atoms with van der Waals surface area (Å²) >= 11 is 6.98. The summed E-state index contributed by atoms with van der Waals surface area (Å²) in [6.07, 6.45) is 1.71. The van der Waals surface area contributed by atoms with Gasteiger partial charge in [-0.05, 0) is 72.3 Å². The van der Waals surface area contributed by atoms with E-state index < -0.39 is 5.91 Å². The second-order valence-electron chi connectivity index (χ2n) is 7.48. The first kappa shape index (κ1) is 24.8. The Hall–Kier alpha value is -4.32. The number of hydrogen-bond acceptors (Lipinski definition) is 6.